The molecular weight excluding hydrogens is 504 g/mol. The van der Waals surface area contributed by atoms with Crippen molar-refractivity contribution in [3.63, 3.8) is 0 Å². The van der Waals surface area contributed by atoms with Crippen LogP contribution in [0.5, 0.6) is 5.88 Å². The molecule has 4 heterocycles. The molecule has 1 saturated heterocycles. The van der Waals surface area contributed by atoms with Crippen molar-refractivity contribution < 1.29 is 31.1 Å². The minimum absolute atomic E-state index is 0.0103. The SMILES string of the molecule is COc1nc(NC2CCN(C)CC2(F)F)nn2cc(F)c(-c3cc(F)c4nc(C)n(CC(F)F)c4c3)c12. The van der Waals surface area contributed by atoms with Crippen molar-refractivity contribution >= 4 is 22.5 Å². The van der Waals surface area contributed by atoms with Crippen LogP contribution in [0.25, 0.3) is 27.7 Å². The maximum absolute atomic E-state index is 15.3. The van der Waals surface area contributed by atoms with E-state index in [-0.39, 0.29) is 51.8 Å². The molecule has 14 heteroatoms. The Hall–Kier alpha value is -3.55. The Morgan fingerprint density at radius 2 is 1.95 bits per heavy atom. The largest absolute Gasteiger partial charge is 0.479 e. The molecule has 1 aliphatic rings. The second-order valence-corrected chi connectivity index (χ2v) is 9.06. The average molecular weight is 527 g/mol. The summed E-state index contributed by atoms with van der Waals surface area (Å²) in [7, 11) is 2.86. The number of fused-ring (bicyclic) bond motifs is 2. The molecule has 0 spiro atoms. The van der Waals surface area contributed by atoms with Crippen molar-refractivity contribution in [1.82, 2.24) is 29.0 Å². The second kappa shape index (κ2) is 9.08. The Kier molecular flexibility index (Phi) is 6.16. The van der Waals surface area contributed by atoms with Gasteiger partial charge in [0.05, 0.1) is 43.5 Å². The molecule has 1 aliphatic heterocycles. The molecule has 0 radical (unpaired) electrons. The zero-order chi connectivity index (χ0) is 26.6. The van der Waals surface area contributed by atoms with Crippen LogP contribution in [0.15, 0.2) is 18.3 Å². The van der Waals surface area contributed by atoms with Gasteiger partial charge in [-0.05, 0) is 38.1 Å². The maximum Gasteiger partial charge on any atom is 0.280 e. The van der Waals surface area contributed by atoms with E-state index < -0.39 is 43.1 Å². The molecule has 1 aromatic carbocycles. The van der Waals surface area contributed by atoms with Crippen molar-refractivity contribution in [3.8, 4) is 17.0 Å². The smallest absolute Gasteiger partial charge is 0.280 e. The van der Waals surface area contributed by atoms with Gasteiger partial charge in [-0.25, -0.2) is 35.8 Å². The standard InChI is InChI=1S/C23H23F6N7O/c1-11-30-19-13(24)6-12(7-15(19)35(11)9-17(26)27)18-14(25)8-36-20(18)21(37-3)32-22(33-36)31-16-4-5-34(2)10-23(16,28)29/h6-8,16-17H,4-5,9-10H2,1-3H3,(H,31,33). The number of imidazole rings is 1. The van der Waals surface area contributed by atoms with E-state index in [4.69, 9.17) is 4.74 Å². The van der Waals surface area contributed by atoms with Crippen molar-refractivity contribution in [1.29, 1.82) is 0 Å². The molecule has 3 aromatic heterocycles. The van der Waals surface area contributed by atoms with Gasteiger partial charge in [0.25, 0.3) is 12.3 Å². The first-order valence-corrected chi connectivity index (χ1v) is 11.4. The fourth-order valence-corrected chi connectivity index (χ4v) is 4.75. The van der Waals surface area contributed by atoms with Crippen molar-refractivity contribution in [3.05, 3.63) is 35.8 Å². The molecule has 1 N–H and O–H groups in total. The zero-order valence-corrected chi connectivity index (χ0v) is 20.1. The molecule has 0 aliphatic carbocycles. The third-order valence-electron chi connectivity index (χ3n) is 6.45. The van der Waals surface area contributed by atoms with E-state index in [0.29, 0.717) is 6.54 Å². The van der Waals surface area contributed by atoms with E-state index in [2.05, 4.69) is 20.4 Å². The summed E-state index contributed by atoms with van der Waals surface area (Å²) in [4.78, 5) is 9.69. The zero-order valence-electron chi connectivity index (χ0n) is 20.1. The molecular formula is C23H23F6N7O. The normalized spacial score (nSPS) is 18.3. The quantitative estimate of drug-likeness (QED) is 0.376. The van der Waals surface area contributed by atoms with Gasteiger partial charge in [-0.3, -0.25) is 0 Å². The number of aromatic nitrogens is 5. The number of piperidine rings is 1. The minimum Gasteiger partial charge on any atom is -0.479 e. The van der Waals surface area contributed by atoms with Gasteiger partial charge in [0.2, 0.25) is 11.8 Å². The van der Waals surface area contributed by atoms with Crippen LogP contribution >= 0.6 is 0 Å². The number of alkyl halides is 4. The predicted molar refractivity (Wildman–Crippen MR) is 123 cm³/mol. The van der Waals surface area contributed by atoms with Gasteiger partial charge in [-0.2, -0.15) is 4.98 Å². The van der Waals surface area contributed by atoms with Crippen LogP contribution in [0.4, 0.5) is 32.3 Å². The van der Waals surface area contributed by atoms with E-state index >= 15 is 4.39 Å². The van der Waals surface area contributed by atoms with Crippen LogP contribution in [0, 0.1) is 18.6 Å². The second-order valence-electron chi connectivity index (χ2n) is 9.06. The number of rotatable bonds is 6. The molecule has 37 heavy (non-hydrogen) atoms. The molecule has 5 rings (SSSR count). The lowest BCUT2D eigenvalue weighted by atomic mass is 10.0. The van der Waals surface area contributed by atoms with Gasteiger partial charge >= 0.3 is 0 Å². The van der Waals surface area contributed by atoms with Crippen LogP contribution in [-0.4, -0.2) is 74.7 Å². The van der Waals surface area contributed by atoms with E-state index in [1.54, 1.807) is 7.05 Å². The summed E-state index contributed by atoms with van der Waals surface area (Å²) in [5.74, 6) is -4.89. The number of hydrogen-bond acceptors (Lipinski definition) is 6. The van der Waals surface area contributed by atoms with Crippen molar-refractivity contribution in [2.45, 2.75) is 38.3 Å². The molecule has 1 unspecified atom stereocenters. The summed E-state index contributed by atoms with van der Waals surface area (Å²) in [5, 5.41) is 6.76. The average Bonchev–Trinajstić information content (AvgIpc) is 3.30. The highest BCUT2D eigenvalue weighted by Crippen LogP contribution is 2.37. The number of likely N-dealkylation sites (tertiary alicyclic amines) is 1. The molecule has 0 saturated carbocycles. The fourth-order valence-electron chi connectivity index (χ4n) is 4.75. The van der Waals surface area contributed by atoms with Crippen LogP contribution in [0.2, 0.25) is 0 Å². The number of nitrogens with one attached hydrogen (secondary N) is 1. The van der Waals surface area contributed by atoms with Crippen LogP contribution in [0.3, 0.4) is 0 Å². The lowest BCUT2D eigenvalue weighted by Crippen LogP contribution is -2.53. The van der Waals surface area contributed by atoms with Crippen molar-refractivity contribution in [2.24, 2.45) is 0 Å². The lowest BCUT2D eigenvalue weighted by Gasteiger charge is -2.36. The Bertz CT molecular complexity index is 1480. The number of anilines is 1. The highest BCUT2D eigenvalue weighted by molar-refractivity contribution is 5.90. The molecule has 198 valence electrons. The molecule has 1 fully saturated rings. The number of methoxy groups -OCH3 is 1. The summed E-state index contributed by atoms with van der Waals surface area (Å²) in [6.45, 7) is 0.745. The molecule has 0 bridgehead atoms. The monoisotopic (exact) mass is 527 g/mol. The van der Waals surface area contributed by atoms with Crippen LogP contribution < -0.4 is 10.1 Å². The molecule has 4 aromatic rings. The number of halogens is 6. The third-order valence-corrected chi connectivity index (χ3v) is 6.45. The summed E-state index contributed by atoms with van der Waals surface area (Å²) < 4.78 is 93.1. The summed E-state index contributed by atoms with van der Waals surface area (Å²) in [5.41, 5.74) is -0.175. The summed E-state index contributed by atoms with van der Waals surface area (Å²) in [6.07, 6.45) is -1.61. The highest BCUT2D eigenvalue weighted by atomic mass is 19.3. The first-order chi connectivity index (χ1) is 17.5. The van der Waals surface area contributed by atoms with Gasteiger partial charge in [0.15, 0.2) is 11.6 Å². The molecule has 0 amide bonds. The van der Waals surface area contributed by atoms with E-state index in [9.17, 15) is 22.0 Å². The highest BCUT2D eigenvalue weighted by Gasteiger charge is 2.44. The maximum atomic E-state index is 15.3. The Labute approximate surface area is 206 Å². The molecule has 8 nitrogen and oxygen atoms in total. The number of ether oxygens (including phenoxy) is 1. The number of aryl methyl sites for hydroxylation is 1. The topological polar surface area (TPSA) is 72.5 Å². The predicted octanol–water partition coefficient (Wildman–Crippen LogP) is 4.36. The van der Waals surface area contributed by atoms with Crippen molar-refractivity contribution in [2.75, 3.05) is 32.6 Å². The summed E-state index contributed by atoms with van der Waals surface area (Å²) in [6, 6.07) is 1.13. The Morgan fingerprint density at radius 3 is 2.62 bits per heavy atom. The van der Waals surface area contributed by atoms with Gasteiger partial charge in [0.1, 0.15) is 16.9 Å². The van der Waals surface area contributed by atoms with E-state index in [1.807, 2.05) is 0 Å². The third kappa shape index (κ3) is 4.43. The van der Waals surface area contributed by atoms with Crippen LogP contribution in [0.1, 0.15) is 12.2 Å². The molecule has 1 atom stereocenters. The van der Waals surface area contributed by atoms with Gasteiger partial charge in [0, 0.05) is 6.54 Å². The van der Waals surface area contributed by atoms with Gasteiger partial charge in [-0.15, -0.1) is 5.10 Å². The first kappa shape index (κ1) is 25.1. The minimum atomic E-state index is -3.06. The number of benzene rings is 1. The van der Waals surface area contributed by atoms with E-state index in [1.165, 1.54) is 25.0 Å². The Balaban J connectivity index is 1.61. The Morgan fingerprint density at radius 1 is 1.19 bits per heavy atom. The summed E-state index contributed by atoms with van der Waals surface area (Å²) >= 11 is 0. The van der Waals surface area contributed by atoms with Crippen LogP contribution in [-0.2, 0) is 6.54 Å². The van der Waals surface area contributed by atoms with E-state index in [0.717, 1.165) is 21.3 Å². The first-order valence-electron chi connectivity index (χ1n) is 11.4. The number of hydrogen-bond donors (Lipinski definition) is 1. The number of nitrogens with zero attached hydrogens (tertiary/aromatic N) is 6. The fraction of sp³-hybridized carbons (Fsp3) is 0.435. The van der Waals surface area contributed by atoms with Gasteiger partial charge < -0.3 is 19.5 Å². The van der Waals surface area contributed by atoms with Gasteiger partial charge in [-0.1, -0.05) is 0 Å². The lowest BCUT2D eigenvalue weighted by molar-refractivity contribution is -0.0675.